The van der Waals surface area contributed by atoms with Gasteiger partial charge in [-0.15, -0.1) is 11.3 Å². The number of nitrogens with zero attached hydrogens (tertiary/aromatic N) is 1. The van der Waals surface area contributed by atoms with Crippen LogP contribution in [0.5, 0.6) is 5.75 Å². The first-order chi connectivity index (χ1) is 12.5. The molecule has 26 heavy (non-hydrogen) atoms. The molecule has 2 aromatic rings. The minimum Gasteiger partial charge on any atom is -0.482 e. The maximum absolute atomic E-state index is 12.2. The van der Waals surface area contributed by atoms with Crippen molar-refractivity contribution >= 4 is 39.8 Å². The number of primary amides is 1. The molecule has 3 N–H and O–H groups in total. The van der Waals surface area contributed by atoms with E-state index in [1.807, 2.05) is 6.07 Å². The van der Waals surface area contributed by atoms with Crippen LogP contribution in [0.2, 0.25) is 5.02 Å². The van der Waals surface area contributed by atoms with Crippen molar-refractivity contribution < 1.29 is 14.3 Å². The summed E-state index contributed by atoms with van der Waals surface area (Å²) in [6.45, 7) is -0.271. The zero-order valence-electron chi connectivity index (χ0n) is 13.8. The zero-order valence-corrected chi connectivity index (χ0v) is 15.4. The van der Waals surface area contributed by atoms with Gasteiger partial charge in [0.05, 0.1) is 22.2 Å². The van der Waals surface area contributed by atoms with Crippen molar-refractivity contribution in [2.75, 3.05) is 11.9 Å². The van der Waals surface area contributed by atoms with Crippen molar-refractivity contribution in [3.05, 3.63) is 44.8 Å². The van der Waals surface area contributed by atoms with E-state index < -0.39 is 11.8 Å². The molecule has 0 radical (unpaired) electrons. The third kappa shape index (κ3) is 3.82. The summed E-state index contributed by atoms with van der Waals surface area (Å²) in [5, 5.41) is 12.3. The number of ether oxygens (including phenoxy) is 1. The van der Waals surface area contributed by atoms with Crippen molar-refractivity contribution in [2.24, 2.45) is 5.73 Å². The van der Waals surface area contributed by atoms with E-state index in [4.69, 9.17) is 27.3 Å². The molecule has 0 fully saturated rings. The average molecular weight is 390 g/mol. The predicted octanol–water partition coefficient (Wildman–Crippen LogP) is 3.27. The van der Waals surface area contributed by atoms with E-state index in [0.29, 0.717) is 21.9 Å². The Morgan fingerprint density at radius 1 is 1.35 bits per heavy atom. The Morgan fingerprint density at radius 3 is 2.81 bits per heavy atom. The highest BCUT2D eigenvalue weighted by Crippen LogP contribution is 2.37. The second-order valence-electron chi connectivity index (χ2n) is 5.87. The van der Waals surface area contributed by atoms with E-state index in [-0.39, 0.29) is 11.6 Å². The van der Waals surface area contributed by atoms with Crippen LogP contribution in [0.3, 0.4) is 0 Å². The lowest BCUT2D eigenvalue weighted by molar-refractivity contribution is -0.118. The van der Waals surface area contributed by atoms with Crippen LogP contribution >= 0.6 is 22.9 Å². The van der Waals surface area contributed by atoms with E-state index in [1.165, 1.54) is 23.5 Å². The molecule has 1 aromatic carbocycles. The first-order valence-corrected chi connectivity index (χ1v) is 9.25. The van der Waals surface area contributed by atoms with Gasteiger partial charge < -0.3 is 15.8 Å². The van der Waals surface area contributed by atoms with Gasteiger partial charge in [0, 0.05) is 4.88 Å². The number of aryl methyl sites for hydroxylation is 1. The highest BCUT2D eigenvalue weighted by atomic mass is 35.5. The first-order valence-electron chi connectivity index (χ1n) is 8.06. The molecular formula is C18H16ClN3O3S. The zero-order chi connectivity index (χ0) is 18.7. The van der Waals surface area contributed by atoms with Crippen LogP contribution in [0, 0.1) is 11.3 Å². The number of thiophene rings is 1. The van der Waals surface area contributed by atoms with Gasteiger partial charge in [0.25, 0.3) is 11.8 Å². The summed E-state index contributed by atoms with van der Waals surface area (Å²) >= 11 is 7.42. The van der Waals surface area contributed by atoms with Crippen molar-refractivity contribution in [2.45, 2.75) is 25.7 Å². The van der Waals surface area contributed by atoms with Gasteiger partial charge in [-0.3, -0.25) is 9.59 Å². The molecule has 0 saturated carbocycles. The SMILES string of the molecule is N#Cc1ccc(OCC(=O)Nc2sc3c(c2C(N)=O)CCCC3)c(Cl)c1. The van der Waals surface area contributed by atoms with Gasteiger partial charge in [-0.05, 0) is 49.4 Å². The van der Waals surface area contributed by atoms with Crippen molar-refractivity contribution in [1.29, 1.82) is 5.26 Å². The van der Waals surface area contributed by atoms with E-state index >= 15 is 0 Å². The van der Waals surface area contributed by atoms with Gasteiger partial charge >= 0.3 is 0 Å². The molecule has 1 aromatic heterocycles. The average Bonchev–Trinajstić information content (AvgIpc) is 2.98. The number of nitrogens with one attached hydrogen (secondary N) is 1. The number of rotatable bonds is 5. The largest absolute Gasteiger partial charge is 0.482 e. The smallest absolute Gasteiger partial charge is 0.262 e. The molecule has 0 atom stereocenters. The Kier molecular flexibility index (Phi) is 5.45. The Hall–Kier alpha value is -2.56. The topological polar surface area (TPSA) is 105 Å². The second kappa shape index (κ2) is 7.77. The van der Waals surface area contributed by atoms with Crippen LogP contribution in [0.1, 0.15) is 39.2 Å². The van der Waals surface area contributed by atoms with Crippen LogP contribution in [-0.4, -0.2) is 18.4 Å². The lowest BCUT2D eigenvalue weighted by Crippen LogP contribution is -2.22. The van der Waals surface area contributed by atoms with E-state index in [9.17, 15) is 9.59 Å². The van der Waals surface area contributed by atoms with Gasteiger partial charge in [-0.2, -0.15) is 5.26 Å². The molecule has 1 aliphatic rings. The van der Waals surface area contributed by atoms with Crippen LogP contribution in [0.25, 0.3) is 0 Å². The molecule has 0 saturated heterocycles. The van der Waals surface area contributed by atoms with E-state index in [2.05, 4.69) is 5.32 Å². The molecule has 0 aliphatic heterocycles. The fourth-order valence-corrected chi connectivity index (χ4v) is 4.45. The highest BCUT2D eigenvalue weighted by Gasteiger charge is 2.25. The molecule has 134 valence electrons. The molecule has 3 rings (SSSR count). The lowest BCUT2D eigenvalue weighted by atomic mass is 9.95. The second-order valence-corrected chi connectivity index (χ2v) is 7.39. The monoisotopic (exact) mass is 389 g/mol. The molecule has 0 unspecified atom stereocenters. The van der Waals surface area contributed by atoms with Crippen LogP contribution in [-0.2, 0) is 17.6 Å². The van der Waals surface area contributed by atoms with Gasteiger partial charge in [0.2, 0.25) is 0 Å². The number of hydrogen-bond donors (Lipinski definition) is 2. The molecule has 0 bridgehead atoms. The maximum atomic E-state index is 12.2. The van der Waals surface area contributed by atoms with Crippen LogP contribution in [0.15, 0.2) is 18.2 Å². The molecule has 1 heterocycles. The van der Waals surface area contributed by atoms with E-state index in [1.54, 1.807) is 6.07 Å². The van der Waals surface area contributed by atoms with Crippen molar-refractivity contribution in [1.82, 2.24) is 0 Å². The molecule has 8 heteroatoms. The van der Waals surface area contributed by atoms with Gasteiger partial charge in [-0.25, -0.2) is 0 Å². The first kappa shape index (κ1) is 18.2. The number of benzene rings is 1. The van der Waals surface area contributed by atoms with Crippen molar-refractivity contribution in [3.63, 3.8) is 0 Å². The van der Waals surface area contributed by atoms with Gasteiger partial charge in [-0.1, -0.05) is 11.6 Å². The van der Waals surface area contributed by atoms with Crippen LogP contribution in [0.4, 0.5) is 5.00 Å². The fraction of sp³-hybridized carbons (Fsp3) is 0.278. The Morgan fingerprint density at radius 2 is 2.12 bits per heavy atom. The van der Waals surface area contributed by atoms with Crippen LogP contribution < -0.4 is 15.8 Å². The minimum atomic E-state index is -0.532. The standard InChI is InChI=1S/C18H16ClN3O3S/c19-12-7-10(8-20)5-6-13(12)25-9-15(23)22-18-16(17(21)24)11-3-1-2-4-14(11)26-18/h5-7H,1-4,9H2,(H2,21,24)(H,22,23). The number of nitrogens with two attached hydrogens (primary N) is 1. The molecule has 2 amide bonds. The quantitative estimate of drug-likeness (QED) is 0.818. The Labute approximate surface area is 159 Å². The van der Waals surface area contributed by atoms with Gasteiger partial charge in [0.1, 0.15) is 10.8 Å². The summed E-state index contributed by atoms with van der Waals surface area (Å²) in [5.74, 6) is -0.635. The number of nitriles is 1. The number of carbonyl (C=O) groups is 2. The number of hydrogen-bond acceptors (Lipinski definition) is 5. The number of fused-ring (bicyclic) bond motifs is 1. The number of carbonyl (C=O) groups excluding carboxylic acids is 2. The third-order valence-corrected chi connectivity index (χ3v) is 5.59. The number of amides is 2. The maximum Gasteiger partial charge on any atom is 0.262 e. The Bertz CT molecular complexity index is 917. The fourth-order valence-electron chi connectivity index (χ4n) is 2.91. The normalized spacial score (nSPS) is 12.8. The summed E-state index contributed by atoms with van der Waals surface area (Å²) in [7, 11) is 0. The molecule has 1 aliphatic carbocycles. The number of anilines is 1. The number of halogens is 1. The summed E-state index contributed by atoms with van der Waals surface area (Å²) < 4.78 is 5.41. The highest BCUT2D eigenvalue weighted by molar-refractivity contribution is 7.17. The summed E-state index contributed by atoms with van der Waals surface area (Å²) in [5.41, 5.74) is 7.29. The summed E-state index contributed by atoms with van der Waals surface area (Å²) in [6, 6.07) is 6.52. The van der Waals surface area contributed by atoms with Gasteiger partial charge in [0.15, 0.2) is 6.61 Å². The Balaban J connectivity index is 1.70. The predicted molar refractivity (Wildman–Crippen MR) is 99.8 cm³/mol. The van der Waals surface area contributed by atoms with Crippen molar-refractivity contribution in [3.8, 4) is 11.8 Å². The van der Waals surface area contributed by atoms with E-state index in [0.717, 1.165) is 36.1 Å². The summed E-state index contributed by atoms with van der Waals surface area (Å²) in [6.07, 6.45) is 3.78. The third-order valence-electron chi connectivity index (χ3n) is 4.09. The molecular weight excluding hydrogens is 374 g/mol. The molecule has 0 spiro atoms. The summed E-state index contributed by atoms with van der Waals surface area (Å²) in [4.78, 5) is 25.2. The minimum absolute atomic E-state index is 0.251. The lowest BCUT2D eigenvalue weighted by Gasteiger charge is -2.11. The molecule has 6 nitrogen and oxygen atoms in total.